The van der Waals surface area contributed by atoms with Crippen molar-refractivity contribution >= 4 is 11.4 Å². The molecule has 0 unspecified atom stereocenters. The minimum atomic E-state index is 0.655. The summed E-state index contributed by atoms with van der Waals surface area (Å²) >= 11 is 0. The van der Waals surface area contributed by atoms with E-state index < -0.39 is 0 Å². The van der Waals surface area contributed by atoms with Gasteiger partial charge in [-0.3, -0.25) is 4.98 Å². The molecule has 0 bridgehead atoms. The lowest BCUT2D eigenvalue weighted by molar-refractivity contribution is 1.27. The summed E-state index contributed by atoms with van der Waals surface area (Å²) in [5.74, 6) is 0. The number of allylic oxidation sites excluding steroid dienone is 4. The molecule has 2 aromatic rings. The number of hydrogen-bond donors (Lipinski definition) is 2. The van der Waals surface area contributed by atoms with Gasteiger partial charge >= 0.3 is 0 Å². The molecule has 1 aromatic carbocycles. The molecule has 0 aliphatic carbocycles. The maximum atomic E-state index is 6.14. The monoisotopic (exact) mass is 291 g/mol. The van der Waals surface area contributed by atoms with Crippen LogP contribution in [0.1, 0.15) is 18.1 Å². The molecule has 0 spiro atoms. The predicted octanol–water partition coefficient (Wildman–Crippen LogP) is 4.07. The van der Waals surface area contributed by atoms with Gasteiger partial charge in [-0.2, -0.15) is 0 Å². The summed E-state index contributed by atoms with van der Waals surface area (Å²) in [5, 5.41) is 0. The molecule has 3 nitrogen and oxygen atoms in total. The molecule has 1 aromatic heterocycles. The molecule has 0 amide bonds. The van der Waals surface area contributed by atoms with Gasteiger partial charge in [-0.05, 0) is 49.8 Å². The molecule has 0 saturated carbocycles. The van der Waals surface area contributed by atoms with Crippen molar-refractivity contribution < 1.29 is 0 Å². The zero-order chi connectivity index (χ0) is 16.1. The number of aromatic nitrogens is 1. The first-order valence-corrected chi connectivity index (χ1v) is 7.10. The second kappa shape index (κ2) is 6.76. The first kappa shape index (κ1) is 15.6. The van der Waals surface area contributed by atoms with E-state index in [1.165, 1.54) is 0 Å². The lowest BCUT2D eigenvalue weighted by atomic mass is 10.0. The first-order valence-electron chi connectivity index (χ1n) is 7.10. The van der Waals surface area contributed by atoms with E-state index in [1.54, 1.807) is 6.08 Å². The Bertz CT molecular complexity index is 738. The van der Waals surface area contributed by atoms with Gasteiger partial charge in [0.05, 0.1) is 5.69 Å². The van der Waals surface area contributed by atoms with E-state index in [2.05, 4.69) is 11.6 Å². The van der Waals surface area contributed by atoms with E-state index in [0.717, 1.165) is 28.0 Å². The Kier molecular flexibility index (Phi) is 4.79. The molecule has 3 heteroatoms. The van der Waals surface area contributed by atoms with Crippen LogP contribution >= 0.6 is 0 Å². The number of rotatable bonds is 4. The zero-order valence-electron chi connectivity index (χ0n) is 13.0. The predicted molar refractivity (Wildman–Crippen MR) is 94.9 cm³/mol. The Labute approximate surface area is 131 Å². The van der Waals surface area contributed by atoms with E-state index in [-0.39, 0.29) is 0 Å². The third kappa shape index (κ3) is 3.85. The Hall–Kier alpha value is -2.81. The number of nitrogen functional groups attached to an aromatic ring is 1. The Balaban J connectivity index is 2.42. The van der Waals surface area contributed by atoms with Crippen molar-refractivity contribution in [3.05, 3.63) is 78.0 Å². The maximum absolute atomic E-state index is 6.14. The summed E-state index contributed by atoms with van der Waals surface area (Å²) in [5.41, 5.74) is 18.4. The molecular formula is C19H21N3. The second-order valence-electron chi connectivity index (χ2n) is 5.30. The molecule has 0 saturated heterocycles. The largest absolute Gasteiger partial charge is 0.399 e. The molecule has 112 valence electrons. The molecule has 0 aliphatic rings. The highest BCUT2D eigenvalue weighted by atomic mass is 14.7. The average Bonchev–Trinajstić information content (AvgIpc) is 2.52. The van der Waals surface area contributed by atoms with Gasteiger partial charge in [0.25, 0.3) is 0 Å². The van der Waals surface area contributed by atoms with E-state index in [1.807, 2.05) is 62.5 Å². The van der Waals surface area contributed by atoms with Crippen LogP contribution in [0.15, 0.2) is 66.9 Å². The highest BCUT2D eigenvalue weighted by molar-refractivity contribution is 5.74. The van der Waals surface area contributed by atoms with Crippen LogP contribution in [0.3, 0.4) is 0 Å². The van der Waals surface area contributed by atoms with Crippen LogP contribution in [-0.4, -0.2) is 4.98 Å². The molecule has 22 heavy (non-hydrogen) atoms. The Morgan fingerprint density at radius 1 is 1.18 bits per heavy atom. The molecule has 1 heterocycles. The van der Waals surface area contributed by atoms with Crippen molar-refractivity contribution in [1.29, 1.82) is 0 Å². The maximum Gasteiger partial charge on any atom is 0.0703 e. The smallest absolute Gasteiger partial charge is 0.0703 e. The highest BCUT2D eigenvalue weighted by Crippen LogP contribution is 2.24. The second-order valence-corrected chi connectivity index (χ2v) is 5.30. The van der Waals surface area contributed by atoms with Crippen LogP contribution in [0, 0.1) is 6.92 Å². The fourth-order valence-electron chi connectivity index (χ4n) is 1.99. The molecular weight excluding hydrogens is 270 g/mol. The van der Waals surface area contributed by atoms with Crippen molar-refractivity contribution in [2.24, 2.45) is 5.73 Å². The third-order valence-corrected chi connectivity index (χ3v) is 3.34. The fourth-order valence-corrected chi connectivity index (χ4v) is 1.99. The van der Waals surface area contributed by atoms with Gasteiger partial charge in [0.2, 0.25) is 0 Å². The topological polar surface area (TPSA) is 64.9 Å². The average molecular weight is 291 g/mol. The van der Waals surface area contributed by atoms with Gasteiger partial charge in [0.15, 0.2) is 0 Å². The number of pyridine rings is 1. The van der Waals surface area contributed by atoms with Crippen molar-refractivity contribution in [3.8, 4) is 11.3 Å². The van der Waals surface area contributed by atoms with Crippen molar-refractivity contribution in [1.82, 2.24) is 4.98 Å². The summed E-state index contributed by atoms with van der Waals surface area (Å²) in [6.45, 7) is 7.70. The van der Waals surface area contributed by atoms with Crippen molar-refractivity contribution in [2.75, 3.05) is 5.73 Å². The number of aryl methyl sites for hydroxylation is 1. The van der Waals surface area contributed by atoms with Gasteiger partial charge in [-0.15, -0.1) is 0 Å². The minimum absolute atomic E-state index is 0.655. The van der Waals surface area contributed by atoms with Gasteiger partial charge in [-0.25, -0.2) is 0 Å². The SMILES string of the molecule is C=C/C(C)=C\C=C(/N)c1cc(N)cc(-c2ccc(C)cn2)c1. The zero-order valence-corrected chi connectivity index (χ0v) is 13.0. The quantitative estimate of drug-likeness (QED) is 0.659. The fraction of sp³-hybridized carbons (Fsp3) is 0.105. The molecule has 0 fully saturated rings. The Morgan fingerprint density at radius 3 is 2.59 bits per heavy atom. The number of anilines is 1. The summed E-state index contributed by atoms with van der Waals surface area (Å²) in [6, 6.07) is 9.77. The standard InChI is InChI=1S/C19H21N3/c1-4-13(2)5-7-18(21)15-9-16(11-17(20)10-15)19-8-6-14(3)12-22-19/h4-12H,1,20-21H2,2-3H3/b13-5-,18-7-. The summed E-state index contributed by atoms with van der Waals surface area (Å²) < 4.78 is 0. The van der Waals surface area contributed by atoms with Crippen LogP contribution in [0.5, 0.6) is 0 Å². The van der Waals surface area contributed by atoms with Crippen LogP contribution < -0.4 is 11.5 Å². The van der Waals surface area contributed by atoms with Crippen LogP contribution in [0.2, 0.25) is 0 Å². The van der Waals surface area contributed by atoms with Gasteiger partial charge in [0, 0.05) is 28.7 Å². The van der Waals surface area contributed by atoms with E-state index in [9.17, 15) is 0 Å². The molecule has 0 aliphatic heterocycles. The molecule has 0 radical (unpaired) electrons. The van der Waals surface area contributed by atoms with Gasteiger partial charge in [0.1, 0.15) is 0 Å². The summed E-state index contributed by atoms with van der Waals surface area (Å²) in [4.78, 5) is 4.44. The van der Waals surface area contributed by atoms with Gasteiger partial charge in [-0.1, -0.05) is 30.4 Å². The summed E-state index contributed by atoms with van der Waals surface area (Å²) in [7, 11) is 0. The van der Waals surface area contributed by atoms with Crippen LogP contribution in [0.4, 0.5) is 5.69 Å². The number of hydrogen-bond acceptors (Lipinski definition) is 3. The first-order chi connectivity index (χ1) is 10.5. The third-order valence-electron chi connectivity index (χ3n) is 3.34. The molecule has 0 atom stereocenters. The van der Waals surface area contributed by atoms with Crippen molar-refractivity contribution in [3.63, 3.8) is 0 Å². The van der Waals surface area contributed by atoms with Crippen LogP contribution in [0.25, 0.3) is 17.0 Å². The van der Waals surface area contributed by atoms with Crippen molar-refractivity contribution in [2.45, 2.75) is 13.8 Å². The number of nitrogens with two attached hydrogens (primary N) is 2. The minimum Gasteiger partial charge on any atom is -0.399 e. The normalized spacial score (nSPS) is 12.3. The van der Waals surface area contributed by atoms with Crippen LogP contribution in [-0.2, 0) is 0 Å². The number of benzene rings is 1. The Morgan fingerprint density at radius 2 is 1.95 bits per heavy atom. The van der Waals surface area contributed by atoms with E-state index >= 15 is 0 Å². The summed E-state index contributed by atoms with van der Waals surface area (Å²) in [6.07, 6.45) is 7.41. The number of nitrogens with zero attached hydrogens (tertiary/aromatic N) is 1. The lowest BCUT2D eigenvalue weighted by Gasteiger charge is -2.08. The molecule has 2 rings (SSSR count). The highest BCUT2D eigenvalue weighted by Gasteiger charge is 2.05. The van der Waals surface area contributed by atoms with E-state index in [0.29, 0.717) is 11.4 Å². The molecule has 4 N–H and O–H groups in total. The lowest BCUT2D eigenvalue weighted by Crippen LogP contribution is -1.98. The van der Waals surface area contributed by atoms with Gasteiger partial charge < -0.3 is 11.5 Å². The van der Waals surface area contributed by atoms with E-state index in [4.69, 9.17) is 11.5 Å².